The molecule has 0 radical (unpaired) electrons. The summed E-state index contributed by atoms with van der Waals surface area (Å²) in [6.07, 6.45) is -10.2. The smallest absolute Gasteiger partial charge is 0.341 e. The minimum atomic E-state index is -2.21. The molecule has 296 valence electrons. The van der Waals surface area contributed by atoms with Crippen LogP contribution in [0.3, 0.4) is 0 Å². The van der Waals surface area contributed by atoms with Gasteiger partial charge in [-0.1, -0.05) is 20.8 Å². The van der Waals surface area contributed by atoms with E-state index >= 15 is 0 Å². The van der Waals surface area contributed by atoms with Crippen LogP contribution in [0.2, 0.25) is 0 Å². The van der Waals surface area contributed by atoms with Crippen molar-refractivity contribution in [2.75, 3.05) is 0 Å². The van der Waals surface area contributed by atoms with Gasteiger partial charge >= 0.3 is 29.8 Å². The molecule has 7 aliphatic rings. The van der Waals surface area contributed by atoms with Gasteiger partial charge in [-0.3, -0.25) is 19.2 Å². The van der Waals surface area contributed by atoms with Gasteiger partial charge in [-0.25, -0.2) is 4.79 Å². The van der Waals surface area contributed by atoms with Crippen molar-refractivity contribution < 1.29 is 72.8 Å². The molecule has 0 aromatic carbocycles. The number of rotatable bonds is 4. The first-order valence-corrected chi connectivity index (χ1v) is 18.6. The molecule has 0 aromatic rings. The lowest BCUT2D eigenvalue weighted by atomic mass is 9.39. The molecule has 53 heavy (non-hydrogen) atoms. The summed E-state index contributed by atoms with van der Waals surface area (Å²) in [6, 6.07) is -1.54. The van der Waals surface area contributed by atoms with Crippen LogP contribution in [0.5, 0.6) is 0 Å². The summed E-state index contributed by atoms with van der Waals surface area (Å²) in [6.45, 7) is 12.6. The maximum atomic E-state index is 13.5. The van der Waals surface area contributed by atoms with E-state index in [4.69, 9.17) is 45.8 Å². The molecule has 0 bridgehead atoms. The Morgan fingerprint density at radius 1 is 0.811 bits per heavy atom. The van der Waals surface area contributed by atoms with Gasteiger partial charge in [-0.05, 0) is 32.1 Å². The molecule has 5 saturated carbocycles. The van der Waals surface area contributed by atoms with Gasteiger partial charge in [-0.2, -0.15) is 0 Å². The molecule has 7 rings (SSSR count). The third-order valence-corrected chi connectivity index (χ3v) is 15.7. The molecule has 2 unspecified atom stereocenters. The zero-order valence-electron chi connectivity index (χ0n) is 31.1. The van der Waals surface area contributed by atoms with Crippen LogP contribution in [0.1, 0.15) is 68.7 Å². The summed E-state index contributed by atoms with van der Waals surface area (Å²) in [5.41, 5.74) is -2.51. The van der Waals surface area contributed by atoms with Crippen LogP contribution in [-0.2, 0) is 52.4 Å². The highest BCUT2D eigenvalue weighted by Gasteiger charge is 2.93. The Morgan fingerprint density at radius 3 is 1.89 bits per heavy atom. The Balaban J connectivity index is 1.54. The highest BCUT2D eigenvalue weighted by Crippen LogP contribution is 2.81. The highest BCUT2D eigenvalue weighted by atomic mass is 35.5. The molecule has 6 N–H and O–H groups in total. The number of alkyl halides is 1. The predicted octanol–water partition coefficient (Wildman–Crippen LogP) is -0.302. The molecule has 7 fully saturated rings. The number of aliphatic hydroxyl groups excluding tert-OH is 2. The van der Waals surface area contributed by atoms with Gasteiger partial charge in [-0.15, -0.1) is 11.6 Å². The van der Waals surface area contributed by atoms with Crippen LogP contribution >= 0.6 is 11.6 Å². The lowest BCUT2D eigenvalue weighted by Gasteiger charge is -2.70. The van der Waals surface area contributed by atoms with Gasteiger partial charge in [0.1, 0.15) is 36.6 Å². The molecule has 2 saturated heterocycles. The van der Waals surface area contributed by atoms with Crippen LogP contribution in [0.4, 0.5) is 0 Å². The molecule has 1 spiro atoms. The molecule has 0 aromatic heterocycles. The molecule has 2 aliphatic heterocycles. The lowest BCUT2D eigenvalue weighted by Crippen LogP contribution is -2.83. The van der Waals surface area contributed by atoms with Crippen LogP contribution in [0.15, 0.2) is 0 Å². The van der Waals surface area contributed by atoms with Gasteiger partial charge in [0.25, 0.3) is 0 Å². The standard InChI is InChI=1S/C36H50ClNO15/c1-11-18-21(33(8)34(9,46)30(45)53-36(33)28(11)52-36)24(49-13(3)40)19-17-20(25(50-14(4)41)29(31(18,19)6)51-15(5)42)32(7)27(44)23(48-12(2)39)16(37)10-35(32,47)26(38)22(17)43/h11,16-29,43-44,46-47H,10,38H2,1-9H3/t11-,16+,17?,18-,19+,20?,21-,22+,23-,24+,25-,26+,27-,28+,29-,31+,32-,33-,34+,35-,36-/m0/s1. The fourth-order valence-electron chi connectivity index (χ4n) is 13.2. The van der Waals surface area contributed by atoms with Crippen molar-refractivity contribution in [2.24, 2.45) is 57.5 Å². The van der Waals surface area contributed by atoms with E-state index in [1.165, 1.54) is 20.8 Å². The van der Waals surface area contributed by atoms with Gasteiger partial charge in [0.15, 0.2) is 5.60 Å². The molecule has 5 aliphatic carbocycles. The molecule has 16 nitrogen and oxygen atoms in total. The van der Waals surface area contributed by atoms with Crippen LogP contribution < -0.4 is 5.73 Å². The zero-order valence-corrected chi connectivity index (χ0v) is 31.9. The predicted molar refractivity (Wildman–Crippen MR) is 177 cm³/mol. The molecule has 0 amide bonds. The fourth-order valence-corrected chi connectivity index (χ4v) is 13.6. The number of carbonyl (C=O) groups is 5. The van der Waals surface area contributed by atoms with Crippen molar-refractivity contribution in [3.05, 3.63) is 0 Å². The minimum absolute atomic E-state index is 0.383. The fraction of sp³-hybridized carbons (Fsp3) is 0.861. The normalized spacial score (nSPS) is 57.2. The number of halogens is 1. The van der Waals surface area contributed by atoms with Gasteiger partial charge in [0.05, 0.1) is 28.5 Å². The van der Waals surface area contributed by atoms with Crippen LogP contribution in [0.25, 0.3) is 0 Å². The number of aliphatic hydroxyl groups is 4. The maximum absolute atomic E-state index is 13.5. The second-order valence-corrected chi connectivity index (χ2v) is 18.0. The molecule has 17 heteroatoms. The molecule has 21 atom stereocenters. The van der Waals surface area contributed by atoms with Crippen LogP contribution in [-0.4, -0.2) is 121 Å². The largest absolute Gasteiger partial charge is 0.462 e. The summed E-state index contributed by atoms with van der Waals surface area (Å²) < 4.78 is 36.2. The van der Waals surface area contributed by atoms with E-state index in [0.717, 1.165) is 20.8 Å². The van der Waals surface area contributed by atoms with Crippen molar-refractivity contribution >= 4 is 41.4 Å². The number of nitrogens with two attached hydrogens (primary N) is 1. The summed E-state index contributed by atoms with van der Waals surface area (Å²) in [7, 11) is 0. The van der Waals surface area contributed by atoms with E-state index in [1.54, 1.807) is 13.8 Å². The van der Waals surface area contributed by atoms with Gasteiger partial charge < -0.3 is 54.6 Å². The average Bonchev–Trinajstić information content (AvgIpc) is 3.68. The van der Waals surface area contributed by atoms with Gasteiger partial charge in [0.2, 0.25) is 5.79 Å². The third kappa shape index (κ3) is 4.37. The monoisotopic (exact) mass is 771 g/mol. The Bertz CT molecular complexity index is 1660. The van der Waals surface area contributed by atoms with E-state index in [-0.39, 0.29) is 6.42 Å². The molecule has 2 heterocycles. The van der Waals surface area contributed by atoms with E-state index in [1.807, 2.05) is 6.92 Å². The molecular formula is C36H50ClNO15. The highest BCUT2D eigenvalue weighted by molar-refractivity contribution is 6.21. The number of hydrogen-bond acceptors (Lipinski definition) is 16. The summed E-state index contributed by atoms with van der Waals surface area (Å²) in [5, 5.41) is 48.5. The third-order valence-electron chi connectivity index (χ3n) is 15.3. The SMILES string of the molecule is CC(=O)O[C@H]1[C@@H]2[C@H]([C@H](C)[C@H]3O[C@]34OC(=O)[C@@](C)(O)[C@]24C)[C@]2(C)[C@@H]1C1C([C@H](OC(C)=O)[C@@H]2OC(C)=O)[C@@]2(C)[C@@H](O)[C@@H](OC(C)=O)[C@H](Cl)C[C@]2(O)[C@H](N)[C@@H]1O. The topological polar surface area (TPSA) is 251 Å². The number of hydrogen-bond donors (Lipinski definition) is 5. The van der Waals surface area contributed by atoms with Gasteiger partial charge in [0, 0.05) is 62.2 Å². The first-order valence-electron chi connectivity index (χ1n) is 18.1. The Kier molecular flexibility index (Phi) is 8.38. The minimum Gasteiger partial charge on any atom is -0.462 e. The Hall–Kier alpha value is -2.60. The summed E-state index contributed by atoms with van der Waals surface area (Å²) >= 11 is 6.69. The van der Waals surface area contributed by atoms with Crippen molar-refractivity contribution in [2.45, 2.75) is 140 Å². The number of fused-ring (bicyclic) bond motifs is 8. The first kappa shape index (κ1) is 38.7. The van der Waals surface area contributed by atoms with Crippen molar-refractivity contribution in [3.8, 4) is 0 Å². The molecular weight excluding hydrogens is 722 g/mol. The van der Waals surface area contributed by atoms with E-state index in [2.05, 4.69) is 0 Å². The van der Waals surface area contributed by atoms with Crippen molar-refractivity contribution in [1.82, 2.24) is 0 Å². The van der Waals surface area contributed by atoms with E-state index < -0.39 is 153 Å². The zero-order chi connectivity index (χ0) is 39.5. The average molecular weight is 772 g/mol. The number of ether oxygens (including phenoxy) is 6. The summed E-state index contributed by atoms with van der Waals surface area (Å²) in [5.74, 6) is -11.6. The maximum Gasteiger partial charge on any atom is 0.341 e. The second-order valence-electron chi connectivity index (χ2n) is 17.4. The summed E-state index contributed by atoms with van der Waals surface area (Å²) in [4.78, 5) is 65.3. The number of esters is 5. The van der Waals surface area contributed by atoms with Crippen molar-refractivity contribution in [3.63, 3.8) is 0 Å². The van der Waals surface area contributed by atoms with E-state index in [0.29, 0.717) is 0 Å². The lowest BCUT2D eigenvalue weighted by molar-refractivity contribution is -0.330. The number of carbonyl (C=O) groups excluding carboxylic acids is 5. The Morgan fingerprint density at radius 2 is 1.34 bits per heavy atom. The second kappa shape index (κ2) is 11.5. The quantitative estimate of drug-likeness (QED) is 0.106. The van der Waals surface area contributed by atoms with Crippen molar-refractivity contribution in [1.29, 1.82) is 0 Å². The Labute approximate surface area is 311 Å². The first-order chi connectivity index (χ1) is 24.3. The van der Waals surface area contributed by atoms with Crippen LogP contribution in [0, 0.1) is 51.8 Å². The number of epoxide rings is 1. The van der Waals surface area contributed by atoms with E-state index in [9.17, 15) is 44.4 Å².